The fraction of sp³-hybridized carbons (Fsp3) is 0.857. The highest BCUT2D eigenvalue weighted by Gasteiger charge is 2.36. The molecule has 0 aromatic heterocycles. The molecule has 1 saturated heterocycles. The first-order valence-corrected chi connectivity index (χ1v) is 6.85. The normalized spacial score (nSPS) is 28.8. The van der Waals surface area contributed by atoms with Gasteiger partial charge in [0.05, 0.1) is 0 Å². The molecule has 2 rings (SSSR count). The molecule has 4 heteroatoms. The van der Waals surface area contributed by atoms with E-state index in [0.717, 1.165) is 25.9 Å². The van der Waals surface area contributed by atoms with Crippen LogP contribution in [0.4, 0.5) is 4.79 Å². The van der Waals surface area contributed by atoms with Crippen molar-refractivity contribution in [3.05, 3.63) is 0 Å². The number of carbonyl (C=O) groups excluding carboxylic acids is 2. The molecule has 0 radical (unpaired) electrons. The predicted molar refractivity (Wildman–Crippen MR) is 68.3 cm³/mol. The van der Waals surface area contributed by atoms with Crippen LogP contribution in [0.3, 0.4) is 0 Å². The fourth-order valence-electron chi connectivity index (χ4n) is 2.91. The van der Waals surface area contributed by atoms with Crippen LogP contribution in [-0.2, 0) is 9.53 Å². The number of rotatable bonds is 0. The highest BCUT2D eigenvalue weighted by atomic mass is 16.6. The maximum Gasteiger partial charge on any atom is 0.410 e. The molecule has 1 saturated carbocycles. The molecule has 0 N–H and O–H groups in total. The number of hydrogen-bond acceptors (Lipinski definition) is 3. The molecule has 102 valence electrons. The summed E-state index contributed by atoms with van der Waals surface area (Å²) in [5.74, 6) is 1.37. The van der Waals surface area contributed by atoms with Crippen molar-refractivity contribution in [2.45, 2.75) is 52.1 Å². The van der Waals surface area contributed by atoms with Crippen molar-refractivity contribution in [1.29, 1.82) is 0 Å². The van der Waals surface area contributed by atoms with E-state index in [0.29, 0.717) is 30.5 Å². The lowest BCUT2D eigenvalue weighted by atomic mass is 9.74. The topological polar surface area (TPSA) is 46.6 Å². The highest BCUT2D eigenvalue weighted by Crippen LogP contribution is 2.35. The summed E-state index contributed by atoms with van der Waals surface area (Å²) >= 11 is 0. The lowest BCUT2D eigenvalue weighted by Crippen LogP contribution is -2.47. The fourth-order valence-corrected chi connectivity index (χ4v) is 2.91. The van der Waals surface area contributed by atoms with Crippen molar-refractivity contribution in [1.82, 2.24) is 4.90 Å². The van der Waals surface area contributed by atoms with Gasteiger partial charge in [-0.3, -0.25) is 4.79 Å². The van der Waals surface area contributed by atoms with Gasteiger partial charge in [0, 0.05) is 25.9 Å². The molecule has 1 heterocycles. The van der Waals surface area contributed by atoms with Gasteiger partial charge in [-0.1, -0.05) is 0 Å². The van der Waals surface area contributed by atoms with Crippen LogP contribution in [0.2, 0.25) is 0 Å². The standard InChI is InChI=1S/C14H23NO3/c1-14(2,3)18-13(17)15-7-6-10-8-12(16)5-4-11(10)9-15/h10-11H,4-9H2,1-3H3/t10-,11?/m1/s1. The Bertz CT molecular complexity index is 345. The van der Waals surface area contributed by atoms with Gasteiger partial charge in [-0.15, -0.1) is 0 Å². The average Bonchev–Trinajstić information content (AvgIpc) is 2.26. The Balaban J connectivity index is 1.91. The smallest absolute Gasteiger partial charge is 0.410 e. The number of carbonyl (C=O) groups is 2. The van der Waals surface area contributed by atoms with Gasteiger partial charge < -0.3 is 9.64 Å². The Labute approximate surface area is 109 Å². The number of hydrogen-bond donors (Lipinski definition) is 0. The quantitative estimate of drug-likeness (QED) is 0.666. The van der Waals surface area contributed by atoms with Crippen molar-refractivity contribution in [3.63, 3.8) is 0 Å². The maximum atomic E-state index is 12.0. The van der Waals surface area contributed by atoms with Crippen LogP contribution in [-0.4, -0.2) is 35.5 Å². The molecule has 1 amide bonds. The number of ether oxygens (including phenoxy) is 1. The molecule has 0 aromatic rings. The first-order chi connectivity index (χ1) is 8.35. The second kappa shape index (κ2) is 4.90. The van der Waals surface area contributed by atoms with Gasteiger partial charge in [-0.25, -0.2) is 4.79 Å². The van der Waals surface area contributed by atoms with Crippen LogP contribution in [0, 0.1) is 11.8 Å². The van der Waals surface area contributed by atoms with E-state index in [2.05, 4.69) is 0 Å². The van der Waals surface area contributed by atoms with Crippen LogP contribution in [0.1, 0.15) is 46.5 Å². The van der Waals surface area contributed by atoms with Crippen LogP contribution in [0.5, 0.6) is 0 Å². The monoisotopic (exact) mass is 253 g/mol. The molecular weight excluding hydrogens is 230 g/mol. The van der Waals surface area contributed by atoms with Gasteiger partial charge in [0.25, 0.3) is 0 Å². The number of Topliss-reactive ketones (excluding diaryl/α,β-unsaturated/α-hetero) is 1. The lowest BCUT2D eigenvalue weighted by Gasteiger charge is -2.40. The summed E-state index contributed by atoms with van der Waals surface area (Å²) in [5, 5.41) is 0. The molecule has 1 aliphatic heterocycles. The molecule has 0 bridgehead atoms. The van der Waals surface area contributed by atoms with E-state index in [1.54, 1.807) is 0 Å². The Morgan fingerprint density at radius 3 is 2.67 bits per heavy atom. The number of likely N-dealkylation sites (tertiary alicyclic amines) is 1. The first kappa shape index (κ1) is 13.4. The minimum absolute atomic E-state index is 0.210. The Kier molecular flexibility index (Phi) is 3.64. The van der Waals surface area contributed by atoms with Gasteiger partial charge in [0.1, 0.15) is 11.4 Å². The van der Waals surface area contributed by atoms with Gasteiger partial charge in [-0.2, -0.15) is 0 Å². The Morgan fingerprint density at radius 2 is 2.00 bits per heavy atom. The maximum absolute atomic E-state index is 12.0. The highest BCUT2D eigenvalue weighted by molar-refractivity contribution is 5.79. The Hall–Kier alpha value is -1.06. The predicted octanol–water partition coefficient (Wildman–Crippen LogP) is 2.61. The summed E-state index contributed by atoms with van der Waals surface area (Å²) in [6.45, 7) is 7.14. The van der Waals surface area contributed by atoms with Crippen LogP contribution >= 0.6 is 0 Å². The lowest BCUT2D eigenvalue weighted by molar-refractivity contribution is -0.123. The van der Waals surface area contributed by atoms with Crippen LogP contribution < -0.4 is 0 Å². The van der Waals surface area contributed by atoms with Crippen molar-refractivity contribution >= 4 is 11.9 Å². The Morgan fingerprint density at radius 1 is 1.28 bits per heavy atom. The summed E-state index contributed by atoms with van der Waals surface area (Å²) in [5.41, 5.74) is -0.434. The number of nitrogens with zero attached hydrogens (tertiary/aromatic N) is 1. The molecule has 0 aromatic carbocycles. The zero-order valence-electron chi connectivity index (χ0n) is 11.6. The van der Waals surface area contributed by atoms with E-state index >= 15 is 0 Å². The number of fused-ring (bicyclic) bond motifs is 1. The van der Waals surface area contributed by atoms with Gasteiger partial charge in [-0.05, 0) is 45.4 Å². The van der Waals surface area contributed by atoms with Crippen molar-refractivity contribution in [3.8, 4) is 0 Å². The molecule has 0 spiro atoms. The van der Waals surface area contributed by atoms with Crippen molar-refractivity contribution < 1.29 is 14.3 Å². The summed E-state index contributed by atoms with van der Waals surface area (Å²) in [4.78, 5) is 25.2. The summed E-state index contributed by atoms with van der Waals surface area (Å²) < 4.78 is 5.40. The molecule has 18 heavy (non-hydrogen) atoms. The van der Waals surface area contributed by atoms with E-state index in [1.165, 1.54) is 0 Å². The van der Waals surface area contributed by atoms with Gasteiger partial charge in [0.2, 0.25) is 0 Å². The summed E-state index contributed by atoms with van der Waals surface area (Å²) in [7, 11) is 0. The van der Waals surface area contributed by atoms with E-state index in [-0.39, 0.29) is 6.09 Å². The zero-order chi connectivity index (χ0) is 13.3. The van der Waals surface area contributed by atoms with E-state index in [9.17, 15) is 9.59 Å². The van der Waals surface area contributed by atoms with E-state index in [4.69, 9.17) is 4.74 Å². The zero-order valence-corrected chi connectivity index (χ0v) is 11.6. The van der Waals surface area contributed by atoms with E-state index in [1.807, 2.05) is 25.7 Å². The minimum Gasteiger partial charge on any atom is -0.444 e. The minimum atomic E-state index is -0.434. The number of ketones is 1. The third kappa shape index (κ3) is 3.24. The molecular formula is C14H23NO3. The average molecular weight is 253 g/mol. The number of amides is 1. The van der Waals surface area contributed by atoms with E-state index < -0.39 is 5.60 Å². The molecule has 2 atom stereocenters. The molecule has 1 unspecified atom stereocenters. The molecule has 2 fully saturated rings. The first-order valence-electron chi connectivity index (χ1n) is 6.85. The SMILES string of the molecule is CC(C)(C)OC(=O)N1CC[C@@H]2CC(=O)CCC2C1. The third-order valence-corrected chi connectivity index (χ3v) is 3.83. The van der Waals surface area contributed by atoms with Gasteiger partial charge >= 0.3 is 6.09 Å². The number of piperidine rings is 1. The molecule has 4 nitrogen and oxygen atoms in total. The molecule has 2 aliphatic rings. The van der Waals surface area contributed by atoms with Crippen molar-refractivity contribution in [2.75, 3.05) is 13.1 Å². The second-order valence-corrected chi connectivity index (χ2v) is 6.52. The summed E-state index contributed by atoms with van der Waals surface area (Å²) in [6, 6.07) is 0. The second-order valence-electron chi connectivity index (χ2n) is 6.52. The van der Waals surface area contributed by atoms with Crippen molar-refractivity contribution in [2.24, 2.45) is 11.8 Å². The molecule has 1 aliphatic carbocycles. The van der Waals surface area contributed by atoms with Crippen LogP contribution in [0.15, 0.2) is 0 Å². The third-order valence-electron chi connectivity index (χ3n) is 3.83. The van der Waals surface area contributed by atoms with Crippen LogP contribution in [0.25, 0.3) is 0 Å². The summed E-state index contributed by atoms with van der Waals surface area (Å²) in [6.07, 6.45) is 3.06. The largest absolute Gasteiger partial charge is 0.444 e. The van der Waals surface area contributed by atoms with Gasteiger partial charge in [0.15, 0.2) is 0 Å².